The number of carbonyl (C=O) groups excluding carboxylic acids is 4. The summed E-state index contributed by atoms with van der Waals surface area (Å²) in [6.07, 6.45) is 54.0. The van der Waals surface area contributed by atoms with E-state index in [4.69, 9.17) is 37.0 Å². The van der Waals surface area contributed by atoms with E-state index in [2.05, 4.69) is 55.4 Å². The molecule has 7 atom stereocenters. The Balaban J connectivity index is 5.25. The standard InChI is InChI=1S/C79H154O17P2/c1-9-71(7)57-49-41-33-27-23-24-30-36-46-54-62-79(84)95-74(65-89-76(81)59-51-43-34-28-21-17-13-11-15-19-25-31-39-47-55-69(3)4)67-93-97(85,86)91-63-73(80)64-92-98(87,88)94-68-75(66-90-77(82)60-52-44-38-37-42-50-58-72(8)10-2)96-78(83)61-53-45-35-29-22-18-14-12-16-20-26-32-40-48-56-70(5)6/h69-75,80H,9-68H2,1-8H3,(H,85,86)(H,87,88)/t71?,72?,73-,74-,75-/m1/s1. The van der Waals surface area contributed by atoms with Crippen LogP contribution in [0.4, 0.5) is 0 Å². The molecule has 0 spiro atoms. The number of rotatable bonds is 76. The Morgan fingerprint density at radius 3 is 0.724 bits per heavy atom. The Hall–Kier alpha value is -1.94. The third kappa shape index (κ3) is 69.8. The van der Waals surface area contributed by atoms with Crippen LogP contribution in [0.1, 0.15) is 402 Å². The van der Waals surface area contributed by atoms with Crippen LogP contribution in [0.2, 0.25) is 0 Å². The summed E-state index contributed by atoms with van der Waals surface area (Å²) < 4.78 is 68.7. The van der Waals surface area contributed by atoms with Crippen LogP contribution in [0.25, 0.3) is 0 Å². The van der Waals surface area contributed by atoms with Crippen LogP contribution in [-0.4, -0.2) is 96.7 Å². The minimum Gasteiger partial charge on any atom is -0.462 e. The number of carbonyl (C=O) groups is 4. The van der Waals surface area contributed by atoms with Gasteiger partial charge in [0, 0.05) is 25.7 Å². The van der Waals surface area contributed by atoms with E-state index in [1.807, 2.05) is 0 Å². The molecular weight excluding hydrogens is 1280 g/mol. The molecule has 0 rings (SSSR count). The average Bonchev–Trinajstić information content (AvgIpc) is 0.941. The molecule has 0 bridgehead atoms. The second kappa shape index (κ2) is 68.2. The molecule has 0 aliphatic carbocycles. The molecule has 0 aromatic carbocycles. The number of unbranched alkanes of at least 4 members (excludes halogenated alkanes) is 40. The second-order valence-corrected chi connectivity index (χ2v) is 32.8. The molecule has 19 heteroatoms. The first-order valence-electron chi connectivity index (χ1n) is 40.8. The summed E-state index contributed by atoms with van der Waals surface area (Å²) in [6, 6.07) is 0. The first-order chi connectivity index (χ1) is 47.2. The number of phosphoric acid groups is 2. The minimum absolute atomic E-state index is 0.106. The first-order valence-corrected chi connectivity index (χ1v) is 43.8. The lowest BCUT2D eigenvalue weighted by atomic mass is 9.99. The SMILES string of the molecule is CCC(C)CCCCCCCCCCCCC(=O)O[C@H](COC(=O)CCCCCCCCCCCCCCCCC(C)C)COP(=O)(O)OC[C@@H](O)COP(=O)(O)OC[C@@H](COC(=O)CCCCCCCCC(C)CC)OC(=O)CCCCCCCCCCCCCCCCC(C)C. The van der Waals surface area contributed by atoms with Gasteiger partial charge in [-0.15, -0.1) is 0 Å². The fraction of sp³-hybridized carbons (Fsp3) is 0.949. The average molecular weight is 1440 g/mol. The highest BCUT2D eigenvalue weighted by molar-refractivity contribution is 7.47. The van der Waals surface area contributed by atoms with Crippen molar-refractivity contribution in [3.05, 3.63) is 0 Å². The highest BCUT2D eigenvalue weighted by Gasteiger charge is 2.30. The predicted octanol–water partition coefficient (Wildman–Crippen LogP) is 23.2. The van der Waals surface area contributed by atoms with Crippen molar-refractivity contribution in [1.29, 1.82) is 0 Å². The molecule has 17 nitrogen and oxygen atoms in total. The molecular formula is C79H154O17P2. The lowest BCUT2D eigenvalue weighted by molar-refractivity contribution is -0.161. The van der Waals surface area contributed by atoms with Crippen molar-refractivity contribution in [2.24, 2.45) is 23.7 Å². The quantitative estimate of drug-likeness (QED) is 0.0222. The zero-order valence-electron chi connectivity index (χ0n) is 64.4. The number of hydrogen-bond donors (Lipinski definition) is 3. The lowest BCUT2D eigenvalue weighted by Crippen LogP contribution is -2.30. The van der Waals surface area contributed by atoms with Crippen molar-refractivity contribution >= 4 is 39.5 Å². The highest BCUT2D eigenvalue weighted by Crippen LogP contribution is 2.45. The molecule has 0 heterocycles. The fourth-order valence-corrected chi connectivity index (χ4v) is 13.6. The molecule has 0 saturated heterocycles. The molecule has 0 saturated carbocycles. The molecule has 0 aliphatic heterocycles. The highest BCUT2D eigenvalue weighted by atomic mass is 31.2. The van der Waals surface area contributed by atoms with Crippen LogP contribution in [0.15, 0.2) is 0 Å². The summed E-state index contributed by atoms with van der Waals surface area (Å²) in [5.74, 6) is 1.01. The van der Waals surface area contributed by atoms with Gasteiger partial charge in [0.15, 0.2) is 12.2 Å². The fourth-order valence-electron chi connectivity index (χ4n) is 12.0. The van der Waals surface area contributed by atoms with E-state index >= 15 is 0 Å². The Morgan fingerprint density at radius 1 is 0.286 bits per heavy atom. The van der Waals surface area contributed by atoms with Crippen LogP contribution in [0.5, 0.6) is 0 Å². The lowest BCUT2D eigenvalue weighted by Gasteiger charge is -2.21. The number of aliphatic hydroxyl groups is 1. The molecule has 4 unspecified atom stereocenters. The molecule has 0 aliphatic rings. The van der Waals surface area contributed by atoms with Gasteiger partial charge in [-0.3, -0.25) is 37.3 Å². The van der Waals surface area contributed by atoms with Crippen LogP contribution in [-0.2, 0) is 65.4 Å². The monoisotopic (exact) mass is 1440 g/mol. The molecule has 98 heavy (non-hydrogen) atoms. The summed E-state index contributed by atoms with van der Waals surface area (Å²) in [5, 5.41) is 10.6. The Morgan fingerprint density at radius 2 is 0.490 bits per heavy atom. The van der Waals surface area contributed by atoms with Gasteiger partial charge in [0.05, 0.1) is 26.4 Å². The topological polar surface area (TPSA) is 237 Å². The van der Waals surface area contributed by atoms with Gasteiger partial charge in [0.25, 0.3) is 0 Å². The smallest absolute Gasteiger partial charge is 0.462 e. The molecule has 582 valence electrons. The first kappa shape index (κ1) is 96.1. The van der Waals surface area contributed by atoms with Crippen LogP contribution in [0, 0.1) is 23.7 Å². The van der Waals surface area contributed by atoms with Crippen molar-refractivity contribution in [1.82, 2.24) is 0 Å². The van der Waals surface area contributed by atoms with Gasteiger partial charge in [0.2, 0.25) is 0 Å². The Kier molecular flexibility index (Phi) is 66.8. The van der Waals surface area contributed by atoms with Gasteiger partial charge in [-0.2, -0.15) is 0 Å². The van der Waals surface area contributed by atoms with Crippen LogP contribution >= 0.6 is 15.6 Å². The van der Waals surface area contributed by atoms with Crippen molar-refractivity contribution in [2.75, 3.05) is 39.6 Å². The zero-order valence-corrected chi connectivity index (χ0v) is 66.2. The van der Waals surface area contributed by atoms with E-state index < -0.39 is 97.5 Å². The third-order valence-corrected chi connectivity index (χ3v) is 20.9. The van der Waals surface area contributed by atoms with Gasteiger partial charge < -0.3 is 33.8 Å². The van der Waals surface area contributed by atoms with E-state index in [1.165, 1.54) is 199 Å². The summed E-state index contributed by atoms with van der Waals surface area (Å²) in [4.78, 5) is 73.0. The van der Waals surface area contributed by atoms with Crippen molar-refractivity contribution in [3.8, 4) is 0 Å². The summed E-state index contributed by atoms with van der Waals surface area (Å²) in [7, 11) is -9.92. The maximum atomic E-state index is 13.1. The molecule has 0 amide bonds. The van der Waals surface area contributed by atoms with E-state index in [9.17, 15) is 43.2 Å². The van der Waals surface area contributed by atoms with Gasteiger partial charge in [0.1, 0.15) is 19.3 Å². The summed E-state index contributed by atoms with van der Waals surface area (Å²) in [5.41, 5.74) is 0. The normalized spacial score (nSPS) is 14.6. The Bertz CT molecular complexity index is 1920. The zero-order chi connectivity index (χ0) is 72.4. The summed E-state index contributed by atoms with van der Waals surface area (Å²) >= 11 is 0. The maximum Gasteiger partial charge on any atom is 0.472 e. The number of hydrogen-bond acceptors (Lipinski definition) is 15. The van der Waals surface area contributed by atoms with Gasteiger partial charge >= 0.3 is 39.5 Å². The number of esters is 4. The number of aliphatic hydroxyl groups excluding tert-OH is 1. The third-order valence-electron chi connectivity index (χ3n) is 19.0. The number of ether oxygens (including phenoxy) is 4. The van der Waals surface area contributed by atoms with Gasteiger partial charge in [-0.05, 0) is 49.4 Å². The molecule has 0 radical (unpaired) electrons. The largest absolute Gasteiger partial charge is 0.472 e. The molecule has 0 aromatic rings. The molecule has 0 fully saturated rings. The van der Waals surface area contributed by atoms with E-state index in [-0.39, 0.29) is 25.7 Å². The number of phosphoric ester groups is 2. The van der Waals surface area contributed by atoms with Crippen LogP contribution < -0.4 is 0 Å². The van der Waals surface area contributed by atoms with Crippen molar-refractivity contribution in [3.63, 3.8) is 0 Å². The predicted molar refractivity (Wildman–Crippen MR) is 400 cm³/mol. The maximum absolute atomic E-state index is 13.1. The van der Waals surface area contributed by atoms with E-state index in [1.54, 1.807) is 0 Å². The van der Waals surface area contributed by atoms with Gasteiger partial charge in [-0.25, -0.2) is 9.13 Å². The summed E-state index contributed by atoms with van der Waals surface area (Å²) in [6.45, 7) is 14.3. The minimum atomic E-state index is -4.96. The van der Waals surface area contributed by atoms with E-state index in [0.29, 0.717) is 25.7 Å². The Labute approximate surface area is 600 Å². The molecule has 0 aromatic heterocycles. The van der Waals surface area contributed by atoms with Crippen molar-refractivity contribution < 1.29 is 80.2 Å². The van der Waals surface area contributed by atoms with Crippen molar-refractivity contribution in [2.45, 2.75) is 420 Å². The molecule has 3 N–H and O–H groups in total. The second-order valence-electron chi connectivity index (χ2n) is 29.9. The van der Waals surface area contributed by atoms with Crippen LogP contribution in [0.3, 0.4) is 0 Å². The van der Waals surface area contributed by atoms with Gasteiger partial charge in [-0.1, -0.05) is 351 Å². The van der Waals surface area contributed by atoms with E-state index in [0.717, 1.165) is 120 Å².